The molecular formula is C16H22ClN7O. The molecule has 9 heteroatoms. The first kappa shape index (κ1) is 17.1. The average molecular weight is 364 g/mol. The number of hydrogen-bond donors (Lipinski definition) is 3. The van der Waals surface area contributed by atoms with Gasteiger partial charge in [-0.3, -0.25) is 4.79 Å². The largest absolute Gasteiger partial charge is 0.354 e. The van der Waals surface area contributed by atoms with Gasteiger partial charge in [-0.15, -0.1) is 0 Å². The molecule has 134 valence electrons. The Bertz CT molecular complexity index is 932. The van der Waals surface area contributed by atoms with Crippen LogP contribution in [0.3, 0.4) is 0 Å². The van der Waals surface area contributed by atoms with Crippen molar-refractivity contribution in [2.24, 2.45) is 0 Å². The zero-order valence-electron chi connectivity index (χ0n) is 14.1. The number of nitrogens with one attached hydrogen (secondary N) is 3. The fourth-order valence-corrected chi connectivity index (χ4v) is 2.52. The molecule has 0 aliphatic carbocycles. The number of amides is 1. The summed E-state index contributed by atoms with van der Waals surface area (Å²) in [6.45, 7) is 5.94. The molecule has 0 aliphatic rings. The Morgan fingerprint density at radius 3 is 2.92 bits per heavy atom. The highest BCUT2D eigenvalue weighted by Gasteiger charge is 2.28. The SMILES string of the molecule is CCNC(=O)C(C)(C)Nc1ncnc(-c2c[nH]c3ncc(Cl)cc23)n1.[HH].[HH]. The number of aromatic nitrogens is 5. The maximum absolute atomic E-state index is 12.1. The fourth-order valence-electron chi connectivity index (χ4n) is 2.37. The summed E-state index contributed by atoms with van der Waals surface area (Å²) < 4.78 is 0. The fraction of sp³-hybridized carbons (Fsp3) is 0.312. The van der Waals surface area contributed by atoms with E-state index in [1.54, 1.807) is 32.3 Å². The number of rotatable bonds is 5. The minimum absolute atomic E-state index is 0. The predicted molar refractivity (Wildman–Crippen MR) is 101 cm³/mol. The molecule has 3 rings (SSSR count). The molecule has 0 atom stereocenters. The lowest BCUT2D eigenvalue weighted by Crippen LogP contribution is -2.48. The molecule has 0 aromatic carbocycles. The minimum atomic E-state index is -0.861. The molecule has 1 amide bonds. The van der Waals surface area contributed by atoms with Crippen molar-refractivity contribution >= 4 is 34.5 Å². The van der Waals surface area contributed by atoms with Crippen molar-refractivity contribution in [2.75, 3.05) is 11.9 Å². The molecule has 0 aliphatic heterocycles. The first-order valence-electron chi connectivity index (χ1n) is 7.79. The van der Waals surface area contributed by atoms with Crippen molar-refractivity contribution in [2.45, 2.75) is 26.3 Å². The number of aromatic amines is 1. The van der Waals surface area contributed by atoms with Crippen LogP contribution in [0.15, 0.2) is 24.8 Å². The van der Waals surface area contributed by atoms with Crippen molar-refractivity contribution < 1.29 is 7.65 Å². The van der Waals surface area contributed by atoms with Crippen LogP contribution < -0.4 is 10.6 Å². The lowest BCUT2D eigenvalue weighted by atomic mass is 10.1. The monoisotopic (exact) mass is 363 g/mol. The van der Waals surface area contributed by atoms with Crippen LogP contribution in [0.1, 0.15) is 23.6 Å². The normalized spacial score (nSPS) is 11.5. The highest BCUT2D eigenvalue weighted by atomic mass is 35.5. The Morgan fingerprint density at radius 1 is 1.36 bits per heavy atom. The van der Waals surface area contributed by atoms with E-state index in [0.717, 1.165) is 10.9 Å². The zero-order chi connectivity index (χ0) is 18.0. The first-order chi connectivity index (χ1) is 11.9. The zero-order valence-corrected chi connectivity index (χ0v) is 14.8. The van der Waals surface area contributed by atoms with E-state index in [4.69, 9.17) is 11.6 Å². The number of nitrogens with zero attached hydrogens (tertiary/aromatic N) is 4. The Hall–Kier alpha value is -2.74. The number of pyridine rings is 1. The van der Waals surface area contributed by atoms with Gasteiger partial charge < -0.3 is 15.6 Å². The number of H-pyrrole nitrogens is 1. The second kappa shape index (κ2) is 6.64. The van der Waals surface area contributed by atoms with Crippen molar-refractivity contribution in [1.82, 2.24) is 30.2 Å². The molecule has 3 heterocycles. The molecule has 0 radical (unpaired) electrons. The Morgan fingerprint density at radius 2 is 2.16 bits per heavy atom. The third kappa shape index (κ3) is 3.53. The summed E-state index contributed by atoms with van der Waals surface area (Å²) in [5.41, 5.74) is 0.586. The summed E-state index contributed by atoms with van der Waals surface area (Å²) >= 11 is 6.03. The molecule has 3 aromatic rings. The van der Waals surface area contributed by atoms with E-state index in [1.165, 1.54) is 6.33 Å². The molecule has 0 unspecified atom stereocenters. The number of hydrogen-bond acceptors (Lipinski definition) is 6. The standard InChI is InChI=1S/C16H18ClN7O.2H2/c1-4-18-14(25)16(2,3)24-15-22-8-21-13(23-15)11-7-20-12-10(11)5-9(17)6-19-12;;/h5-8H,4H2,1-3H3,(H,18,25)(H,19,20)(H,21,22,23,24);2*1H. The topological polar surface area (TPSA) is 108 Å². The molecule has 0 fully saturated rings. The van der Waals surface area contributed by atoms with Crippen molar-refractivity contribution in [1.29, 1.82) is 0 Å². The molecule has 25 heavy (non-hydrogen) atoms. The van der Waals surface area contributed by atoms with E-state index >= 15 is 0 Å². The molecule has 0 saturated heterocycles. The van der Waals surface area contributed by atoms with Gasteiger partial charge >= 0.3 is 0 Å². The Labute approximate surface area is 152 Å². The maximum atomic E-state index is 12.1. The molecule has 0 saturated carbocycles. The van der Waals surface area contributed by atoms with Gasteiger partial charge in [0.1, 0.15) is 17.5 Å². The molecule has 0 bridgehead atoms. The van der Waals surface area contributed by atoms with E-state index in [9.17, 15) is 4.79 Å². The maximum Gasteiger partial charge on any atom is 0.245 e. The van der Waals surface area contributed by atoms with E-state index in [0.29, 0.717) is 29.0 Å². The third-order valence-electron chi connectivity index (χ3n) is 3.64. The Balaban J connectivity index is 0.00000182. The molecule has 3 N–H and O–H groups in total. The van der Waals surface area contributed by atoms with E-state index in [-0.39, 0.29) is 8.76 Å². The van der Waals surface area contributed by atoms with Crippen LogP contribution in [0, 0.1) is 0 Å². The molecular weight excluding hydrogens is 342 g/mol. The molecule has 8 nitrogen and oxygen atoms in total. The van der Waals surface area contributed by atoms with E-state index in [2.05, 4.69) is 35.6 Å². The lowest BCUT2D eigenvalue weighted by molar-refractivity contribution is -0.124. The number of carbonyl (C=O) groups is 1. The Kier molecular flexibility index (Phi) is 4.54. The number of halogens is 1. The number of fused-ring (bicyclic) bond motifs is 1. The van der Waals surface area contributed by atoms with Crippen molar-refractivity contribution in [3.63, 3.8) is 0 Å². The highest BCUT2D eigenvalue weighted by Crippen LogP contribution is 2.27. The van der Waals surface area contributed by atoms with E-state index in [1.807, 2.05) is 6.92 Å². The van der Waals surface area contributed by atoms with Crippen molar-refractivity contribution in [3.05, 3.63) is 29.8 Å². The van der Waals surface area contributed by atoms with Gasteiger partial charge in [-0.25, -0.2) is 15.0 Å². The summed E-state index contributed by atoms with van der Waals surface area (Å²) in [7, 11) is 0. The van der Waals surface area contributed by atoms with Crippen LogP contribution in [-0.2, 0) is 4.79 Å². The van der Waals surface area contributed by atoms with Gasteiger partial charge in [0, 0.05) is 32.7 Å². The summed E-state index contributed by atoms with van der Waals surface area (Å²) in [5, 5.41) is 7.16. The second-order valence-electron chi connectivity index (χ2n) is 5.99. The van der Waals surface area contributed by atoms with Crippen LogP contribution in [0.5, 0.6) is 0 Å². The van der Waals surface area contributed by atoms with Crippen LogP contribution in [0.4, 0.5) is 5.95 Å². The number of carbonyl (C=O) groups excluding carboxylic acids is 1. The van der Waals surface area contributed by atoms with Gasteiger partial charge in [0.15, 0.2) is 5.82 Å². The van der Waals surface area contributed by atoms with Crippen LogP contribution in [0.25, 0.3) is 22.4 Å². The van der Waals surface area contributed by atoms with Crippen LogP contribution >= 0.6 is 11.6 Å². The van der Waals surface area contributed by atoms with E-state index < -0.39 is 5.54 Å². The van der Waals surface area contributed by atoms with Gasteiger partial charge in [0.25, 0.3) is 0 Å². The van der Waals surface area contributed by atoms with Gasteiger partial charge in [-0.2, -0.15) is 4.98 Å². The average Bonchev–Trinajstić information content (AvgIpc) is 2.98. The smallest absolute Gasteiger partial charge is 0.245 e. The van der Waals surface area contributed by atoms with Crippen molar-refractivity contribution in [3.8, 4) is 11.4 Å². The van der Waals surface area contributed by atoms with Gasteiger partial charge in [0.05, 0.1) is 5.02 Å². The summed E-state index contributed by atoms with van der Waals surface area (Å²) in [6.07, 6.45) is 4.73. The lowest BCUT2D eigenvalue weighted by Gasteiger charge is -2.24. The third-order valence-corrected chi connectivity index (χ3v) is 3.85. The van der Waals surface area contributed by atoms with Gasteiger partial charge in [-0.05, 0) is 26.8 Å². The quantitative estimate of drug-likeness (QED) is 0.643. The number of anilines is 1. The summed E-state index contributed by atoms with van der Waals surface area (Å²) in [4.78, 5) is 32.2. The predicted octanol–water partition coefficient (Wildman–Crippen LogP) is 2.89. The summed E-state index contributed by atoms with van der Waals surface area (Å²) in [6, 6.07) is 1.80. The second-order valence-corrected chi connectivity index (χ2v) is 6.43. The van der Waals surface area contributed by atoms with Crippen LogP contribution in [0.2, 0.25) is 5.02 Å². The minimum Gasteiger partial charge on any atom is -0.354 e. The highest BCUT2D eigenvalue weighted by molar-refractivity contribution is 6.31. The summed E-state index contributed by atoms with van der Waals surface area (Å²) in [5.74, 6) is 0.630. The van der Waals surface area contributed by atoms with Gasteiger partial charge in [0.2, 0.25) is 11.9 Å². The van der Waals surface area contributed by atoms with Crippen LogP contribution in [-0.4, -0.2) is 42.9 Å². The van der Waals surface area contributed by atoms with Gasteiger partial charge in [-0.1, -0.05) is 11.6 Å². The molecule has 3 aromatic heterocycles. The first-order valence-corrected chi connectivity index (χ1v) is 8.17. The molecule has 0 spiro atoms. The number of likely N-dealkylation sites (N-methyl/N-ethyl adjacent to an activating group) is 1.